The van der Waals surface area contributed by atoms with Crippen LogP contribution in [0.5, 0.6) is 5.75 Å². The molecule has 10 nitrogen and oxygen atoms in total. The molecule has 1 saturated heterocycles. The van der Waals surface area contributed by atoms with Gasteiger partial charge in [0.05, 0.1) is 23.4 Å². The third-order valence-electron chi connectivity index (χ3n) is 6.99. The lowest BCUT2D eigenvalue weighted by molar-refractivity contribution is -0.156. The van der Waals surface area contributed by atoms with Gasteiger partial charge in [-0.15, -0.1) is 11.3 Å². The molecule has 3 N–H and O–H groups in total. The van der Waals surface area contributed by atoms with Gasteiger partial charge in [0.1, 0.15) is 11.8 Å². The first-order valence-electron chi connectivity index (χ1n) is 14.2. The number of nitrogens with one attached hydrogen (secondary N) is 3. The van der Waals surface area contributed by atoms with Crippen LogP contribution in [0.1, 0.15) is 76.9 Å². The molecule has 1 aromatic carbocycles. The monoisotopic (exact) mass is 601 g/mol. The topological polar surface area (TPSA) is 140 Å². The van der Waals surface area contributed by atoms with E-state index in [1.807, 2.05) is 39.0 Å². The molecule has 3 atom stereocenters. The average molecular weight is 602 g/mol. The number of Topliss-reactive ketones (excluding diaryl/α,β-unsaturated/α-hetero) is 1. The molecule has 1 aliphatic heterocycles. The van der Waals surface area contributed by atoms with Crippen LogP contribution >= 0.6 is 11.3 Å². The first-order valence-corrected chi connectivity index (χ1v) is 15.1. The van der Waals surface area contributed by atoms with Crippen molar-refractivity contribution in [2.24, 2.45) is 16.7 Å². The molecule has 1 aromatic heterocycles. The van der Waals surface area contributed by atoms with E-state index in [1.165, 1.54) is 11.3 Å². The number of hydrogen-bond donors (Lipinski definition) is 3. The molecule has 0 spiro atoms. The third kappa shape index (κ3) is 9.01. The highest BCUT2D eigenvalue weighted by atomic mass is 32.1. The van der Waals surface area contributed by atoms with Crippen molar-refractivity contribution in [3.05, 3.63) is 29.1 Å². The standard InChI is InChI=1S/C31H43N3O7S/c1-30(2,3)16-21(34-28(38)25-15-19-23(40-7)11-8-12-24(19)42-25)27(37)33-20(14-18-10-9-13-32-26(18)36)22(35)17-41-29(39)31(4,5)6/h8,11-12,15,18,20-21H,9-10,13-14,16-17H2,1-7H3,(H,32,36)(H,33,37)(H,34,38)/t18-,20-,21-/m0/s1. The highest BCUT2D eigenvalue weighted by Crippen LogP contribution is 2.33. The molecular weight excluding hydrogens is 558 g/mol. The summed E-state index contributed by atoms with van der Waals surface area (Å²) in [4.78, 5) is 65.6. The Kier molecular flexibility index (Phi) is 10.8. The Hall–Kier alpha value is -3.47. The Balaban J connectivity index is 1.82. The van der Waals surface area contributed by atoms with E-state index in [4.69, 9.17) is 9.47 Å². The van der Waals surface area contributed by atoms with Crippen LogP contribution in [0.2, 0.25) is 0 Å². The maximum Gasteiger partial charge on any atom is 0.311 e. The predicted octanol–water partition coefficient (Wildman–Crippen LogP) is 4.00. The fourth-order valence-electron chi connectivity index (χ4n) is 4.72. The van der Waals surface area contributed by atoms with Gasteiger partial charge in [0.2, 0.25) is 11.8 Å². The number of piperidine rings is 1. The van der Waals surface area contributed by atoms with Crippen molar-refractivity contribution < 1.29 is 33.4 Å². The van der Waals surface area contributed by atoms with Gasteiger partial charge in [0, 0.05) is 22.5 Å². The summed E-state index contributed by atoms with van der Waals surface area (Å²) in [6.07, 6.45) is 1.69. The minimum absolute atomic E-state index is 0.0652. The number of hydrogen-bond acceptors (Lipinski definition) is 8. The lowest BCUT2D eigenvalue weighted by Crippen LogP contribution is -2.54. The van der Waals surface area contributed by atoms with E-state index in [9.17, 15) is 24.0 Å². The number of carbonyl (C=O) groups excluding carboxylic acids is 5. The molecule has 11 heteroatoms. The fraction of sp³-hybridized carbons (Fsp3) is 0.581. The number of ether oxygens (including phenoxy) is 2. The van der Waals surface area contributed by atoms with Crippen molar-refractivity contribution in [3.8, 4) is 5.75 Å². The van der Waals surface area contributed by atoms with E-state index in [1.54, 1.807) is 33.9 Å². The number of amides is 3. The van der Waals surface area contributed by atoms with Gasteiger partial charge in [0.15, 0.2) is 12.4 Å². The summed E-state index contributed by atoms with van der Waals surface area (Å²) in [5, 5.41) is 9.24. The minimum Gasteiger partial charge on any atom is -0.496 e. The zero-order chi connectivity index (χ0) is 31.2. The van der Waals surface area contributed by atoms with Gasteiger partial charge in [-0.05, 0) is 70.1 Å². The van der Waals surface area contributed by atoms with Crippen molar-refractivity contribution >= 4 is 50.9 Å². The van der Waals surface area contributed by atoms with Crippen LogP contribution in [0.15, 0.2) is 24.3 Å². The maximum atomic E-state index is 13.7. The number of benzene rings is 1. The first-order chi connectivity index (χ1) is 19.6. The molecule has 0 aliphatic carbocycles. The van der Waals surface area contributed by atoms with Crippen LogP contribution in [0.3, 0.4) is 0 Å². The lowest BCUT2D eigenvalue weighted by atomic mass is 9.87. The van der Waals surface area contributed by atoms with Crippen molar-refractivity contribution in [2.75, 3.05) is 20.3 Å². The van der Waals surface area contributed by atoms with E-state index in [0.717, 1.165) is 16.5 Å². The van der Waals surface area contributed by atoms with Gasteiger partial charge in [-0.25, -0.2) is 0 Å². The van der Waals surface area contributed by atoms with Crippen LogP contribution in [0, 0.1) is 16.7 Å². The SMILES string of the molecule is COc1cccc2sc(C(=O)N[C@@H](CC(C)(C)C)C(=O)N[C@@H](C[C@@H]3CCCNC3=O)C(=O)COC(=O)C(C)(C)C)cc12. The zero-order valence-corrected chi connectivity index (χ0v) is 26.4. The van der Waals surface area contributed by atoms with Gasteiger partial charge in [0.25, 0.3) is 5.91 Å². The molecule has 0 unspecified atom stereocenters. The highest BCUT2D eigenvalue weighted by Gasteiger charge is 2.35. The smallest absolute Gasteiger partial charge is 0.311 e. The molecule has 230 valence electrons. The van der Waals surface area contributed by atoms with E-state index in [-0.39, 0.29) is 17.7 Å². The molecule has 2 aromatic rings. The Bertz CT molecular complexity index is 1320. The van der Waals surface area contributed by atoms with Crippen molar-refractivity contribution in [3.63, 3.8) is 0 Å². The minimum atomic E-state index is -1.08. The van der Waals surface area contributed by atoms with Crippen molar-refractivity contribution in [1.82, 2.24) is 16.0 Å². The molecule has 1 fully saturated rings. The molecule has 1 aliphatic rings. The van der Waals surface area contributed by atoms with Gasteiger partial charge < -0.3 is 25.4 Å². The van der Waals surface area contributed by atoms with Gasteiger partial charge >= 0.3 is 5.97 Å². The quantitative estimate of drug-likeness (QED) is 0.331. The summed E-state index contributed by atoms with van der Waals surface area (Å²) >= 11 is 1.29. The summed E-state index contributed by atoms with van der Waals surface area (Å²) < 4.78 is 11.5. The summed E-state index contributed by atoms with van der Waals surface area (Å²) in [5.74, 6) is -2.04. The number of rotatable bonds is 11. The second kappa shape index (κ2) is 13.7. The Morgan fingerprint density at radius 2 is 1.79 bits per heavy atom. The maximum absolute atomic E-state index is 13.7. The normalized spacial score (nSPS) is 17.1. The molecule has 3 amide bonds. The van der Waals surface area contributed by atoms with E-state index < -0.39 is 53.6 Å². The third-order valence-corrected chi connectivity index (χ3v) is 8.09. The van der Waals surface area contributed by atoms with Gasteiger partial charge in [-0.2, -0.15) is 0 Å². The first kappa shape index (κ1) is 33.0. The van der Waals surface area contributed by atoms with Crippen molar-refractivity contribution in [1.29, 1.82) is 0 Å². The Morgan fingerprint density at radius 1 is 1.07 bits per heavy atom. The van der Waals surface area contributed by atoms with Gasteiger partial charge in [-0.3, -0.25) is 24.0 Å². The second-order valence-electron chi connectivity index (χ2n) is 13.0. The number of esters is 1. The largest absolute Gasteiger partial charge is 0.496 e. The molecule has 0 bridgehead atoms. The Labute approximate surface area is 251 Å². The summed E-state index contributed by atoms with van der Waals surface area (Å²) in [5.41, 5.74) is -1.15. The number of methoxy groups -OCH3 is 1. The van der Waals surface area contributed by atoms with Crippen LogP contribution in [0.25, 0.3) is 10.1 Å². The molecule has 42 heavy (non-hydrogen) atoms. The molecule has 3 rings (SSSR count). The lowest BCUT2D eigenvalue weighted by Gasteiger charge is -2.30. The van der Waals surface area contributed by atoms with Crippen molar-refractivity contribution in [2.45, 2.75) is 79.3 Å². The highest BCUT2D eigenvalue weighted by molar-refractivity contribution is 7.20. The fourth-order valence-corrected chi connectivity index (χ4v) is 5.70. The number of carbonyl (C=O) groups is 5. The molecule has 0 radical (unpaired) electrons. The van der Waals surface area contributed by atoms with Gasteiger partial charge in [-0.1, -0.05) is 26.8 Å². The van der Waals surface area contributed by atoms with Crippen LogP contribution in [0.4, 0.5) is 0 Å². The van der Waals surface area contributed by atoms with Crippen LogP contribution < -0.4 is 20.7 Å². The summed E-state index contributed by atoms with van der Waals surface area (Å²) in [6.45, 7) is 10.9. The Morgan fingerprint density at radius 3 is 2.40 bits per heavy atom. The number of ketones is 1. The van der Waals surface area contributed by atoms with E-state index in [2.05, 4.69) is 16.0 Å². The number of thiophene rings is 1. The zero-order valence-electron chi connectivity index (χ0n) is 25.6. The molecule has 0 saturated carbocycles. The summed E-state index contributed by atoms with van der Waals surface area (Å²) in [7, 11) is 1.56. The molecular formula is C31H43N3O7S. The average Bonchev–Trinajstić information content (AvgIpc) is 3.35. The van der Waals surface area contributed by atoms with E-state index >= 15 is 0 Å². The second-order valence-corrected chi connectivity index (χ2v) is 14.1. The number of fused-ring (bicyclic) bond motifs is 1. The van der Waals surface area contributed by atoms with Crippen LogP contribution in [-0.2, 0) is 23.9 Å². The molecule has 2 heterocycles. The summed E-state index contributed by atoms with van der Waals surface area (Å²) in [6, 6.07) is 5.25. The van der Waals surface area contributed by atoms with E-state index in [0.29, 0.717) is 30.0 Å². The van der Waals surface area contributed by atoms with Crippen LogP contribution in [-0.4, -0.2) is 61.8 Å². The predicted molar refractivity (Wildman–Crippen MR) is 161 cm³/mol.